The quantitative estimate of drug-likeness (QED) is 0.759. The Hall–Kier alpha value is -2.33. The van der Waals surface area contributed by atoms with Crippen LogP contribution in [0.1, 0.15) is 28.2 Å². The van der Waals surface area contributed by atoms with Crippen molar-refractivity contribution in [1.29, 1.82) is 0 Å². The van der Waals surface area contributed by atoms with Gasteiger partial charge in [0.15, 0.2) is 0 Å². The molecule has 2 heterocycles. The Balaban J connectivity index is 1.67. The van der Waals surface area contributed by atoms with Gasteiger partial charge in [-0.1, -0.05) is 30.3 Å². The van der Waals surface area contributed by atoms with Crippen molar-refractivity contribution < 1.29 is 0 Å². The minimum Gasteiger partial charge on any atom is -0.353 e. The first kappa shape index (κ1) is 15.6. The second-order valence-corrected chi connectivity index (χ2v) is 6.01. The van der Waals surface area contributed by atoms with E-state index in [1.54, 1.807) is 0 Å². The van der Waals surface area contributed by atoms with Crippen molar-refractivity contribution in [3.8, 4) is 0 Å². The van der Waals surface area contributed by atoms with E-state index >= 15 is 0 Å². The molecule has 3 rings (SSSR count). The van der Waals surface area contributed by atoms with Crippen molar-refractivity contribution in [3.05, 3.63) is 76.9 Å². The first-order valence-electron chi connectivity index (χ1n) is 8.03. The number of hydrogen-bond donors (Lipinski definition) is 1. The molecule has 4 nitrogen and oxygen atoms in total. The first-order valence-corrected chi connectivity index (χ1v) is 8.03. The Morgan fingerprint density at radius 3 is 2.48 bits per heavy atom. The van der Waals surface area contributed by atoms with Crippen molar-refractivity contribution in [1.82, 2.24) is 19.7 Å². The lowest BCUT2D eigenvalue weighted by Gasteiger charge is -2.08. The van der Waals surface area contributed by atoms with E-state index < -0.39 is 0 Å². The maximum atomic E-state index is 4.71. The van der Waals surface area contributed by atoms with Gasteiger partial charge in [-0.3, -0.25) is 4.68 Å². The summed E-state index contributed by atoms with van der Waals surface area (Å²) in [6, 6.07) is 14.7. The lowest BCUT2D eigenvalue weighted by Crippen LogP contribution is -2.16. The molecule has 0 atom stereocenters. The van der Waals surface area contributed by atoms with Crippen molar-refractivity contribution in [2.45, 2.75) is 33.5 Å². The summed E-state index contributed by atoms with van der Waals surface area (Å²) in [5, 5.41) is 8.24. The first-order chi connectivity index (χ1) is 11.1. The predicted octanol–water partition coefficient (Wildman–Crippen LogP) is 3.18. The fourth-order valence-electron chi connectivity index (χ4n) is 2.90. The topological polar surface area (TPSA) is 34.8 Å². The summed E-state index contributed by atoms with van der Waals surface area (Å²) in [6.45, 7) is 6.78. The van der Waals surface area contributed by atoms with Crippen LogP contribution in [0.3, 0.4) is 0 Å². The van der Waals surface area contributed by atoms with Crippen LogP contribution in [0.2, 0.25) is 0 Å². The Kier molecular flexibility index (Phi) is 4.63. The molecular formula is C19H24N4. The number of rotatable bonds is 6. The van der Waals surface area contributed by atoms with E-state index in [1.807, 2.05) is 6.07 Å². The van der Waals surface area contributed by atoms with Gasteiger partial charge in [-0.05, 0) is 31.5 Å². The summed E-state index contributed by atoms with van der Waals surface area (Å²) in [6.07, 6.45) is 2.07. The summed E-state index contributed by atoms with van der Waals surface area (Å²) in [4.78, 5) is 0. The number of nitrogens with zero attached hydrogens (tertiary/aromatic N) is 3. The van der Waals surface area contributed by atoms with Gasteiger partial charge in [0.05, 0.1) is 12.2 Å². The van der Waals surface area contributed by atoms with Gasteiger partial charge in [0, 0.05) is 43.3 Å². The van der Waals surface area contributed by atoms with E-state index in [0.717, 1.165) is 25.3 Å². The molecule has 3 aromatic rings. The fraction of sp³-hybridized carbons (Fsp3) is 0.316. The Morgan fingerprint density at radius 1 is 1.00 bits per heavy atom. The van der Waals surface area contributed by atoms with E-state index in [0.29, 0.717) is 0 Å². The number of aromatic nitrogens is 3. The number of hydrogen-bond acceptors (Lipinski definition) is 2. The predicted molar refractivity (Wildman–Crippen MR) is 93.2 cm³/mol. The third-order valence-electron chi connectivity index (χ3n) is 4.37. The molecule has 0 saturated heterocycles. The SMILES string of the molecule is Cc1nn(Cc2ccccc2)c(C)c1CNCc1cccn1C. The number of aryl methyl sites for hydroxylation is 2. The average molecular weight is 308 g/mol. The summed E-state index contributed by atoms with van der Waals surface area (Å²) >= 11 is 0. The van der Waals surface area contributed by atoms with Crippen molar-refractivity contribution in [2.24, 2.45) is 7.05 Å². The molecule has 0 spiro atoms. The van der Waals surface area contributed by atoms with Crippen molar-refractivity contribution in [3.63, 3.8) is 0 Å². The van der Waals surface area contributed by atoms with Gasteiger partial charge in [0.2, 0.25) is 0 Å². The molecule has 0 radical (unpaired) electrons. The molecule has 0 unspecified atom stereocenters. The third kappa shape index (κ3) is 3.54. The molecule has 0 aliphatic heterocycles. The molecule has 0 bridgehead atoms. The largest absolute Gasteiger partial charge is 0.353 e. The Morgan fingerprint density at radius 2 is 1.78 bits per heavy atom. The van der Waals surface area contributed by atoms with Crippen LogP contribution in [-0.4, -0.2) is 14.3 Å². The lowest BCUT2D eigenvalue weighted by atomic mass is 10.2. The minimum absolute atomic E-state index is 0.825. The highest BCUT2D eigenvalue weighted by molar-refractivity contribution is 5.26. The highest BCUT2D eigenvalue weighted by atomic mass is 15.3. The smallest absolute Gasteiger partial charge is 0.0662 e. The summed E-state index contributed by atoms with van der Waals surface area (Å²) in [5.41, 5.74) is 6.22. The van der Waals surface area contributed by atoms with E-state index in [1.165, 1.54) is 22.5 Å². The van der Waals surface area contributed by atoms with Crippen LogP contribution in [0.25, 0.3) is 0 Å². The molecule has 120 valence electrons. The van der Waals surface area contributed by atoms with Crippen LogP contribution in [0, 0.1) is 13.8 Å². The summed E-state index contributed by atoms with van der Waals surface area (Å²) < 4.78 is 4.25. The fourth-order valence-corrected chi connectivity index (χ4v) is 2.90. The lowest BCUT2D eigenvalue weighted by molar-refractivity contribution is 0.642. The van der Waals surface area contributed by atoms with E-state index in [-0.39, 0.29) is 0 Å². The molecule has 23 heavy (non-hydrogen) atoms. The zero-order chi connectivity index (χ0) is 16.2. The van der Waals surface area contributed by atoms with Gasteiger partial charge in [0.25, 0.3) is 0 Å². The van der Waals surface area contributed by atoms with Crippen LogP contribution in [0.4, 0.5) is 0 Å². The standard InChI is InChI=1S/C19H24N4/c1-15-19(13-20-12-18-10-7-11-22(18)3)16(2)23(21-15)14-17-8-5-4-6-9-17/h4-11,20H,12-14H2,1-3H3. The third-order valence-corrected chi connectivity index (χ3v) is 4.37. The molecule has 0 fully saturated rings. The highest BCUT2D eigenvalue weighted by Crippen LogP contribution is 2.15. The summed E-state index contributed by atoms with van der Waals surface area (Å²) in [7, 11) is 2.07. The zero-order valence-corrected chi connectivity index (χ0v) is 14.1. The number of benzene rings is 1. The monoisotopic (exact) mass is 308 g/mol. The van der Waals surface area contributed by atoms with Crippen LogP contribution in [-0.2, 0) is 26.7 Å². The second-order valence-electron chi connectivity index (χ2n) is 6.01. The van der Waals surface area contributed by atoms with Gasteiger partial charge < -0.3 is 9.88 Å². The Labute approximate surface area is 137 Å². The van der Waals surface area contributed by atoms with Gasteiger partial charge in [0.1, 0.15) is 0 Å². The molecule has 1 aromatic carbocycles. The highest BCUT2D eigenvalue weighted by Gasteiger charge is 2.11. The summed E-state index contributed by atoms with van der Waals surface area (Å²) in [5.74, 6) is 0. The van der Waals surface area contributed by atoms with Crippen molar-refractivity contribution >= 4 is 0 Å². The molecule has 0 saturated carbocycles. The second kappa shape index (κ2) is 6.84. The molecule has 4 heteroatoms. The van der Waals surface area contributed by atoms with Gasteiger partial charge in [-0.25, -0.2) is 0 Å². The zero-order valence-electron chi connectivity index (χ0n) is 14.1. The maximum absolute atomic E-state index is 4.71. The Bertz CT molecular complexity index is 768. The van der Waals surface area contributed by atoms with E-state index in [4.69, 9.17) is 5.10 Å². The van der Waals surface area contributed by atoms with Gasteiger partial charge in [-0.15, -0.1) is 0 Å². The molecule has 0 aliphatic rings. The molecule has 1 N–H and O–H groups in total. The average Bonchev–Trinajstić information content (AvgIpc) is 3.06. The van der Waals surface area contributed by atoms with Crippen LogP contribution in [0.5, 0.6) is 0 Å². The minimum atomic E-state index is 0.825. The van der Waals surface area contributed by atoms with Gasteiger partial charge in [-0.2, -0.15) is 5.10 Å². The molecular weight excluding hydrogens is 284 g/mol. The molecule has 2 aromatic heterocycles. The molecule has 0 aliphatic carbocycles. The molecule has 0 amide bonds. The van der Waals surface area contributed by atoms with E-state index in [2.05, 4.69) is 78.1 Å². The maximum Gasteiger partial charge on any atom is 0.0662 e. The van der Waals surface area contributed by atoms with E-state index in [9.17, 15) is 0 Å². The van der Waals surface area contributed by atoms with Crippen LogP contribution in [0.15, 0.2) is 48.7 Å². The van der Waals surface area contributed by atoms with Crippen LogP contribution >= 0.6 is 0 Å². The normalized spacial score (nSPS) is 11.1. The van der Waals surface area contributed by atoms with Crippen LogP contribution < -0.4 is 5.32 Å². The number of nitrogens with one attached hydrogen (secondary N) is 1. The van der Waals surface area contributed by atoms with Gasteiger partial charge >= 0.3 is 0 Å². The van der Waals surface area contributed by atoms with Crippen molar-refractivity contribution in [2.75, 3.05) is 0 Å².